The topological polar surface area (TPSA) is 147 Å². The summed E-state index contributed by atoms with van der Waals surface area (Å²) in [6, 6.07) is 12.1. The maximum Gasteiger partial charge on any atom is 0.409 e. The fourth-order valence-electron chi connectivity index (χ4n) is 7.39. The van der Waals surface area contributed by atoms with E-state index >= 15 is 0 Å². The van der Waals surface area contributed by atoms with Crippen LogP contribution in [0.2, 0.25) is 0 Å². The molecule has 262 valence electrons. The van der Waals surface area contributed by atoms with Crippen molar-refractivity contribution in [2.24, 2.45) is 5.92 Å². The van der Waals surface area contributed by atoms with Crippen molar-refractivity contribution >= 4 is 33.7 Å². The molecule has 1 unspecified atom stereocenters. The zero-order valence-electron chi connectivity index (χ0n) is 29.2. The van der Waals surface area contributed by atoms with E-state index in [1.807, 2.05) is 12.3 Å². The van der Waals surface area contributed by atoms with Gasteiger partial charge in [-0.1, -0.05) is 26.8 Å². The number of hydrogen-bond acceptors (Lipinski definition) is 10. The summed E-state index contributed by atoms with van der Waals surface area (Å²) < 4.78 is 34.4. The van der Waals surface area contributed by atoms with Crippen LogP contribution in [0, 0.1) is 5.92 Å². The van der Waals surface area contributed by atoms with Gasteiger partial charge in [0, 0.05) is 42.5 Å². The van der Waals surface area contributed by atoms with E-state index in [9.17, 15) is 18.0 Å². The third-order valence-electron chi connectivity index (χ3n) is 10.1. The number of ether oxygens (including phenoxy) is 1. The van der Waals surface area contributed by atoms with Crippen molar-refractivity contribution in [2.75, 3.05) is 37.0 Å². The average molecular weight is 690 g/mol. The number of carbonyl (C=O) groups excluding carboxylic acids is 2. The highest BCUT2D eigenvalue weighted by molar-refractivity contribution is 7.90. The summed E-state index contributed by atoms with van der Waals surface area (Å²) in [6.07, 6.45) is 5.64. The lowest BCUT2D eigenvalue weighted by Gasteiger charge is -2.34. The Labute approximate surface area is 289 Å². The van der Waals surface area contributed by atoms with Gasteiger partial charge in [-0.15, -0.1) is 0 Å². The number of rotatable bonds is 2. The van der Waals surface area contributed by atoms with E-state index in [-0.39, 0.29) is 45.5 Å². The van der Waals surface area contributed by atoms with Gasteiger partial charge in [-0.2, -0.15) is 8.42 Å². The van der Waals surface area contributed by atoms with Gasteiger partial charge in [0.1, 0.15) is 11.6 Å². The molecule has 0 radical (unpaired) electrons. The number of aromatic nitrogens is 3. The van der Waals surface area contributed by atoms with Crippen molar-refractivity contribution in [3.05, 3.63) is 71.2 Å². The Morgan fingerprint density at radius 3 is 2.49 bits per heavy atom. The van der Waals surface area contributed by atoms with Gasteiger partial charge in [-0.05, 0) is 99.7 Å². The summed E-state index contributed by atoms with van der Waals surface area (Å²) in [5.41, 5.74) is 2.43. The number of nitrogens with one attached hydrogen (secondary N) is 2. The highest BCUT2D eigenvalue weighted by Gasteiger charge is 2.41. The predicted octanol–water partition coefficient (Wildman–Crippen LogP) is 5.79. The van der Waals surface area contributed by atoms with Crippen molar-refractivity contribution in [3.8, 4) is 0 Å². The third kappa shape index (κ3) is 7.36. The molecule has 13 heteroatoms. The zero-order valence-corrected chi connectivity index (χ0v) is 30.0. The van der Waals surface area contributed by atoms with Crippen LogP contribution in [0.1, 0.15) is 106 Å². The van der Waals surface area contributed by atoms with Crippen LogP contribution in [0.15, 0.2) is 53.7 Å². The lowest BCUT2D eigenvalue weighted by molar-refractivity contribution is 0.0980. The zero-order chi connectivity index (χ0) is 35.1. The summed E-state index contributed by atoms with van der Waals surface area (Å²) in [5, 5.41) is 3.22. The fourth-order valence-corrected chi connectivity index (χ4v) is 8.32. The van der Waals surface area contributed by atoms with Crippen LogP contribution in [0.4, 0.5) is 16.4 Å². The Hall–Kier alpha value is -4.26. The van der Waals surface area contributed by atoms with Crippen molar-refractivity contribution < 1.29 is 22.7 Å². The lowest BCUT2D eigenvalue weighted by atomic mass is 9.88. The number of fused-ring (bicyclic) bond motifs is 6. The molecule has 4 bridgehead atoms. The van der Waals surface area contributed by atoms with Crippen LogP contribution >= 0.6 is 0 Å². The van der Waals surface area contributed by atoms with E-state index in [2.05, 4.69) is 60.6 Å². The average Bonchev–Trinajstić information content (AvgIpc) is 3.38. The molecule has 0 aliphatic carbocycles. The first-order chi connectivity index (χ1) is 23.1. The molecule has 12 nitrogen and oxygen atoms in total. The molecule has 6 heterocycles. The van der Waals surface area contributed by atoms with E-state index in [0.29, 0.717) is 31.3 Å². The van der Waals surface area contributed by atoms with Crippen LogP contribution < -0.4 is 14.9 Å². The van der Waals surface area contributed by atoms with E-state index in [1.165, 1.54) is 13.2 Å². The Kier molecular flexibility index (Phi) is 9.33. The van der Waals surface area contributed by atoms with Crippen molar-refractivity contribution in [3.63, 3.8) is 0 Å². The van der Waals surface area contributed by atoms with Gasteiger partial charge in [0.05, 0.1) is 24.4 Å². The Morgan fingerprint density at radius 1 is 1.02 bits per heavy atom. The number of sulfonamides is 1. The van der Waals surface area contributed by atoms with Gasteiger partial charge < -0.3 is 19.9 Å². The molecule has 3 aromatic rings. The standard InChI is InChI=1S/C36H47N7O5S/c1-35(2,3)29-13-11-26-32(39-29)43-22-23(21-36(43,4)5)10-12-27(38-30-8-7-9-31(40-30)49(46,47)41-33(26)44)28-20-25(14-17-37-28)24-15-18-42(19-16-24)34(45)48-6/h7-9,11,13-14,17,20,23-24,27H,10,12,15-16,18-19,21-22H2,1-6H3,(H,38,40)(H,41,44)/t23-,27?/m0/s1. The maximum absolute atomic E-state index is 13.7. The summed E-state index contributed by atoms with van der Waals surface area (Å²) >= 11 is 0. The second-order valence-electron chi connectivity index (χ2n) is 15.1. The number of amides is 2. The minimum absolute atomic E-state index is 0.214. The molecule has 2 saturated heterocycles. The van der Waals surface area contributed by atoms with Crippen LogP contribution in [0.3, 0.4) is 0 Å². The van der Waals surface area contributed by atoms with E-state index < -0.39 is 15.9 Å². The summed E-state index contributed by atoms with van der Waals surface area (Å²) in [6.45, 7) is 12.4. The first-order valence-electron chi connectivity index (χ1n) is 17.0. The Bertz CT molecular complexity index is 1830. The predicted molar refractivity (Wildman–Crippen MR) is 187 cm³/mol. The number of anilines is 2. The molecular formula is C36H47N7O5S. The summed E-state index contributed by atoms with van der Waals surface area (Å²) in [5.74, 6) is 0.684. The highest BCUT2D eigenvalue weighted by Crippen LogP contribution is 2.41. The molecule has 2 N–H and O–H groups in total. The van der Waals surface area contributed by atoms with Crippen LogP contribution in [0.5, 0.6) is 0 Å². The second-order valence-corrected chi connectivity index (χ2v) is 16.8. The van der Waals surface area contributed by atoms with E-state index in [4.69, 9.17) is 14.7 Å². The smallest absolute Gasteiger partial charge is 0.409 e. The number of hydrogen-bond donors (Lipinski definition) is 2. The molecule has 2 atom stereocenters. The number of pyridine rings is 3. The normalized spacial score (nSPS) is 22.6. The first-order valence-corrected chi connectivity index (χ1v) is 18.5. The number of piperidine rings is 1. The van der Waals surface area contributed by atoms with Gasteiger partial charge in [-0.3, -0.25) is 9.78 Å². The molecule has 3 aliphatic heterocycles. The van der Waals surface area contributed by atoms with Crippen molar-refractivity contribution in [2.45, 2.75) is 94.7 Å². The number of methoxy groups -OCH3 is 1. The van der Waals surface area contributed by atoms with Gasteiger partial charge in [0.25, 0.3) is 15.9 Å². The summed E-state index contributed by atoms with van der Waals surface area (Å²) in [7, 11) is -2.91. The van der Waals surface area contributed by atoms with E-state index in [1.54, 1.807) is 29.2 Å². The quantitative estimate of drug-likeness (QED) is 0.339. The molecule has 6 rings (SSSR count). The van der Waals surface area contributed by atoms with Crippen LogP contribution in [-0.2, 0) is 20.2 Å². The highest BCUT2D eigenvalue weighted by atomic mass is 32.2. The fraction of sp³-hybridized carbons (Fsp3) is 0.528. The van der Waals surface area contributed by atoms with Crippen molar-refractivity contribution in [1.29, 1.82) is 0 Å². The second kappa shape index (κ2) is 13.2. The Morgan fingerprint density at radius 2 is 1.78 bits per heavy atom. The largest absolute Gasteiger partial charge is 0.453 e. The van der Waals surface area contributed by atoms with Gasteiger partial charge in [0.15, 0.2) is 5.03 Å². The lowest BCUT2D eigenvalue weighted by Crippen LogP contribution is -2.41. The number of likely N-dealkylation sites (tertiary alicyclic amines) is 1. The monoisotopic (exact) mass is 689 g/mol. The first kappa shape index (κ1) is 34.6. The van der Waals surface area contributed by atoms with Gasteiger partial charge >= 0.3 is 6.09 Å². The number of carbonyl (C=O) groups is 2. The molecule has 0 aromatic carbocycles. The maximum atomic E-state index is 13.7. The molecule has 3 aromatic heterocycles. The molecule has 2 amide bonds. The van der Waals surface area contributed by atoms with E-state index in [0.717, 1.165) is 49.1 Å². The minimum Gasteiger partial charge on any atom is -0.453 e. The molecule has 0 saturated carbocycles. The molecular weight excluding hydrogens is 643 g/mol. The molecule has 3 aliphatic rings. The molecule has 2 fully saturated rings. The summed E-state index contributed by atoms with van der Waals surface area (Å²) in [4.78, 5) is 43.9. The number of nitrogens with zero attached hydrogens (tertiary/aromatic N) is 5. The van der Waals surface area contributed by atoms with Crippen molar-refractivity contribution in [1.82, 2.24) is 24.6 Å². The van der Waals surface area contributed by atoms with Crippen LogP contribution in [-0.4, -0.2) is 72.6 Å². The van der Waals surface area contributed by atoms with Crippen LogP contribution in [0.25, 0.3) is 0 Å². The van der Waals surface area contributed by atoms with Gasteiger partial charge in [0.2, 0.25) is 0 Å². The Balaban J connectivity index is 1.36. The van der Waals surface area contributed by atoms with Gasteiger partial charge in [-0.25, -0.2) is 19.5 Å². The molecule has 49 heavy (non-hydrogen) atoms. The minimum atomic E-state index is -4.32. The molecule has 0 spiro atoms. The third-order valence-corrected chi connectivity index (χ3v) is 11.3. The SMILES string of the molecule is COC(=O)N1CCC(c2ccnc(C3CC[C@@H]4CN(c5nc(C(C)(C)C)ccc5C(=O)NS(=O)(=O)c5cccc(n5)N3)C(C)(C)C4)c2)CC1.